The Morgan fingerprint density at radius 1 is 1.26 bits per heavy atom. The van der Waals surface area contributed by atoms with Crippen molar-refractivity contribution in [3.05, 3.63) is 58.0 Å². The molecule has 0 aliphatic carbocycles. The molecule has 1 aromatic heterocycles. The topological polar surface area (TPSA) is 101 Å². The van der Waals surface area contributed by atoms with E-state index in [1.165, 1.54) is 12.1 Å². The van der Waals surface area contributed by atoms with Crippen LogP contribution in [0.25, 0.3) is 0 Å². The monoisotopic (exact) mass is 274 g/mol. The first-order chi connectivity index (χ1) is 9.08. The van der Waals surface area contributed by atoms with Crippen LogP contribution in [0, 0.1) is 0 Å². The molecule has 0 aliphatic rings. The zero-order chi connectivity index (χ0) is 13.8. The highest BCUT2D eigenvalue weighted by atomic mass is 32.1. The molecule has 0 spiro atoms. The number of amides is 1. The molecule has 0 fully saturated rings. The van der Waals surface area contributed by atoms with E-state index in [4.69, 9.17) is 18.0 Å². The highest BCUT2D eigenvalue weighted by molar-refractivity contribution is 7.80. The summed E-state index contributed by atoms with van der Waals surface area (Å²) in [6.45, 7) is 0. The minimum absolute atomic E-state index is 0.0948. The number of rotatable bonds is 3. The van der Waals surface area contributed by atoms with Gasteiger partial charge in [0.15, 0.2) is 0 Å². The van der Waals surface area contributed by atoms with E-state index in [2.05, 4.69) is 15.5 Å². The van der Waals surface area contributed by atoms with Gasteiger partial charge in [0.25, 0.3) is 11.5 Å². The van der Waals surface area contributed by atoms with E-state index in [1.54, 1.807) is 24.3 Å². The van der Waals surface area contributed by atoms with Gasteiger partial charge in [-0.25, -0.2) is 5.10 Å². The Bertz CT molecular complexity index is 676. The van der Waals surface area contributed by atoms with E-state index in [-0.39, 0.29) is 16.2 Å². The molecule has 0 aliphatic heterocycles. The molecular formula is C12H10N4O2S. The first-order valence-electron chi connectivity index (χ1n) is 5.34. The molecule has 1 amide bonds. The van der Waals surface area contributed by atoms with Gasteiger partial charge in [0.1, 0.15) is 10.7 Å². The van der Waals surface area contributed by atoms with Crippen LogP contribution in [0.1, 0.15) is 16.1 Å². The lowest BCUT2D eigenvalue weighted by atomic mass is 10.1. The van der Waals surface area contributed by atoms with Gasteiger partial charge in [0.2, 0.25) is 0 Å². The zero-order valence-electron chi connectivity index (χ0n) is 9.71. The van der Waals surface area contributed by atoms with Gasteiger partial charge in [-0.3, -0.25) is 9.59 Å². The second-order valence-corrected chi connectivity index (χ2v) is 4.11. The van der Waals surface area contributed by atoms with Crippen molar-refractivity contribution < 1.29 is 4.79 Å². The van der Waals surface area contributed by atoms with Crippen LogP contribution in [0.15, 0.2) is 41.2 Å². The fraction of sp³-hybridized carbons (Fsp3) is 0. The van der Waals surface area contributed by atoms with Gasteiger partial charge in [-0.15, -0.1) is 0 Å². The van der Waals surface area contributed by atoms with Crippen molar-refractivity contribution in [3.8, 4) is 0 Å². The summed E-state index contributed by atoms with van der Waals surface area (Å²) in [5, 5.41) is 8.46. The van der Waals surface area contributed by atoms with Gasteiger partial charge < -0.3 is 11.1 Å². The standard InChI is InChI=1S/C12H10N4O2S/c13-11(19)7-3-1-2-4-8(7)14-12(18)9-5-6-10(17)16-15-9/h1-6H,(H2,13,19)(H,14,18)(H,16,17). The van der Waals surface area contributed by atoms with Gasteiger partial charge in [-0.05, 0) is 18.2 Å². The SMILES string of the molecule is NC(=S)c1ccccc1NC(=O)c1ccc(=O)[nH]n1. The molecule has 0 saturated carbocycles. The number of nitrogens with two attached hydrogens (primary N) is 1. The molecular weight excluding hydrogens is 264 g/mol. The summed E-state index contributed by atoms with van der Waals surface area (Å²) in [6, 6.07) is 9.45. The van der Waals surface area contributed by atoms with E-state index in [1.807, 2.05) is 0 Å². The number of anilines is 1. The largest absolute Gasteiger partial charge is 0.389 e. The van der Waals surface area contributed by atoms with Gasteiger partial charge in [-0.1, -0.05) is 24.4 Å². The second-order valence-electron chi connectivity index (χ2n) is 3.67. The summed E-state index contributed by atoms with van der Waals surface area (Å²) in [5.41, 5.74) is 6.34. The number of carbonyl (C=O) groups excluding carboxylic acids is 1. The lowest BCUT2D eigenvalue weighted by molar-refractivity contribution is 0.102. The molecule has 0 radical (unpaired) electrons. The lowest BCUT2D eigenvalue weighted by Gasteiger charge is -2.09. The van der Waals surface area contributed by atoms with E-state index in [0.29, 0.717) is 11.3 Å². The normalized spacial score (nSPS) is 9.89. The molecule has 96 valence electrons. The molecule has 19 heavy (non-hydrogen) atoms. The van der Waals surface area contributed by atoms with Gasteiger partial charge in [0, 0.05) is 11.6 Å². The summed E-state index contributed by atoms with van der Waals surface area (Å²) < 4.78 is 0. The summed E-state index contributed by atoms with van der Waals surface area (Å²) >= 11 is 4.90. The van der Waals surface area contributed by atoms with E-state index >= 15 is 0 Å². The Morgan fingerprint density at radius 3 is 2.63 bits per heavy atom. The van der Waals surface area contributed by atoms with Gasteiger partial charge in [-0.2, -0.15) is 5.10 Å². The Labute approximate surface area is 113 Å². The molecule has 2 rings (SSSR count). The van der Waals surface area contributed by atoms with Crippen molar-refractivity contribution in [1.82, 2.24) is 10.2 Å². The summed E-state index contributed by atoms with van der Waals surface area (Å²) in [4.78, 5) is 23.0. The number of aromatic nitrogens is 2. The molecule has 4 N–H and O–H groups in total. The van der Waals surface area contributed by atoms with Crippen LogP contribution in [0.4, 0.5) is 5.69 Å². The van der Waals surface area contributed by atoms with Gasteiger partial charge >= 0.3 is 0 Å². The Kier molecular flexibility index (Phi) is 3.67. The number of hydrogen-bond acceptors (Lipinski definition) is 4. The van der Waals surface area contributed by atoms with Crippen LogP contribution < -0.4 is 16.6 Å². The summed E-state index contributed by atoms with van der Waals surface area (Å²) in [5.74, 6) is -0.458. The maximum absolute atomic E-state index is 11.9. The van der Waals surface area contributed by atoms with Crippen LogP contribution in [-0.4, -0.2) is 21.1 Å². The third kappa shape index (κ3) is 3.02. The maximum atomic E-state index is 11.9. The molecule has 2 aromatic rings. The molecule has 6 nitrogen and oxygen atoms in total. The zero-order valence-corrected chi connectivity index (χ0v) is 10.5. The number of carbonyl (C=O) groups is 1. The maximum Gasteiger partial charge on any atom is 0.276 e. The van der Waals surface area contributed by atoms with Crippen molar-refractivity contribution in [3.63, 3.8) is 0 Å². The van der Waals surface area contributed by atoms with Crippen LogP contribution in [-0.2, 0) is 0 Å². The lowest BCUT2D eigenvalue weighted by Crippen LogP contribution is -2.20. The predicted molar refractivity (Wildman–Crippen MR) is 75.1 cm³/mol. The smallest absolute Gasteiger partial charge is 0.276 e. The molecule has 0 bridgehead atoms. The van der Waals surface area contributed by atoms with Crippen molar-refractivity contribution in [2.24, 2.45) is 5.73 Å². The Balaban J connectivity index is 2.26. The predicted octanol–water partition coefficient (Wildman–Crippen LogP) is 0.656. The third-order valence-electron chi connectivity index (χ3n) is 2.35. The van der Waals surface area contributed by atoms with Crippen molar-refractivity contribution >= 4 is 28.8 Å². The molecule has 7 heteroatoms. The number of nitrogens with one attached hydrogen (secondary N) is 2. The minimum atomic E-state index is -0.458. The van der Waals surface area contributed by atoms with Crippen LogP contribution in [0.5, 0.6) is 0 Å². The number of hydrogen-bond donors (Lipinski definition) is 3. The van der Waals surface area contributed by atoms with Crippen molar-refractivity contribution in [2.45, 2.75) is 0 Å². The molecule has 0 unspecified atom stereocenters. The minimum Gasteiger partial charge on any atom is -0.389 e. The Morgan fingerprint density at radius 2 is 2.00 bits per heavy atom. The average Bonchev–Trinajstić information content (AvgIpc) is 2.39. The first-order valence-corrected chi connectivity index (χ1v) is 5.74. The number of H-pyrrole nitrogens is 1. The molecule has 0 atom stereocenters. The number of thiocarbonyl (C=S) groups is 1. The fourth-order valence-electron chi connectivity index (χ4n) is 1.46. The van der Waals surface area contributed by atoms with Crippen LogP contribution >= 0.6 is 12.2 Å². The summed E-state index contributed by atoms with van der Waals surface area (Å²) in [7, 11) is 0. The van der Waals surface area contributed by atoms with E-state index in [0.717, 1.165) is 0 Å². The molecule has 1 heterocycles. The highest BCUT2D eigenvalue weighted by Gasteiger charge is 2.11. The van der Waals surface area contributed by atoms with E-state index < -0.39 is 5.91 Å². The summed E-state index contributed by atoms with van der Waals surface area (Å²) in [6.07, 6.45) is 0. The van der Waals surface area contributed by atoms with Crippen LogP contribution in [0.3, 0.4) is 0 Å². The number of para-hydroxylation sites is 1. The van der Waals surface area contributed by atoms with Crippen LogP contribution in [0.2, 0.25) is 0 Å². The first kappa shape index (κ1) is 12.9. The molecule has 1 aromatic carbocycles. The third-order valence-corrected chi connectivity index (χ3v) is 2.57. The quantitative estimate of drug-likeness (QED) is 0.714. The highest BCUT2D eigenvalue weighted by Crippen LogP contribution is 2.15. The number of nitrogens with zero attached hydrogens (tertiary/aromatic N) is 1. The Hall–Kier alpha value is -2.54. The molecule has 0 saturated heterocycles. The fourth-order valence-corrected chi connectivity index (χ4v) is 1.64. The van der Waals surface area contributed by atoms with E-state index in [9.17, 15) is 9.59 Å². The number of benzene rings is 1. The number of aromatic amines is 1. The van der Waals surface area contributed by atoms with Crippen molar-refractivity contribution in [2.75, 3.05) is 5.32 Å². The second kappa shape index (κ2) is 5.40. The average molecular weight is 274 g/mol. The van der Waals surface area contributed by atoms with Gasteiger partial charge in [0.05, 0.1) is 5.69 Å². The van der Waals surface area contributed by atoms with Crippen molar-refractivity contribution in [1.29, 1.82) is 0 Å².